The molecule has 5 rings (SSSR count). The van der Waals surface area contributed by atoms with Gasteiger partial charge < -0.3 is 14.5 Å². The summed E-state index contributed by atoms with van der Waals surface area (Å²) < 4.78 is 45.6. The largest absolute Gasteiger partial charge is 0.497 e. The second-order valence-corrected chi connectivity index (χ2v) is 10.3. The first-order valence-electron chi connectivity index (χ1n) is 14.0. The van der Waals surface area contributed by atoms with Crippen molar-refractivity contribution in [1.29, 1.82) is 0 Å². The Labute approximate surface area is 244 Å². The summed E-state index contributed by atoms with van der Waals surface area (Å²) in [7, 11) is 1.60. The maximum Gasteiger partial charge on any atom is 0.416 e. The van der Waals surface area contributed by atoms with Crippen LogP contribution in [0.15, 0.2) is 120 Å². The molecule has 1 saturated heterocycles. The summed E-state index contributed by atoms with van der Waals surface area (Å²) in [5.74, 6) is 0.737. The maximum atomic E-state index is 13.6. The van der Waals surface area contributed by atoms with Crippen LogP contribution in [0.25, 0.3) is 0 Å². The predicted molar refractivity (Wildman–Crippen MR) is 160 cm³/mol. The van der Waals surface area contributed by atoms with Crippen molar-refractivity contribution in [3.8, 4) is 5.75 Å². The molecule has 0 N–H and O–H groups in total. The number of anilines is 2. The van der Waals surface area contributed by atoms with Gasteiger partial charge in [0.25, 0.3) is 0 Å². The molecule has 1 aliphatic carbocycles. The number of allylic oxidation sites excluding steroid dienone is 5. The van der Waals surface area contributed by atoms with Crippen LogP contribution in [0.2, 0.25) is 0 Å². The van der Waals surface area contributed by atoms with Gasteiger partial charge in [0.2, 0.25) is 5.91 Å². The molecule has 1 unspecified atom stereocenters. The molecule has 0 bridgehead atoms. The van der Waals surface area contributed by atoms with Gasteiger partial charge in [-0.3, -0.25) is 9.69 Å². The van der Waals surface area contributed by atoms with Gasteiger partial charge >= 0.3 is 6.18 Å². The van der Waals surface area contributed by atoms with Crippen LogP contribution >= 0.6 is 0 Å². The zero-order chi connectivity index (χ0) is 29.5. The predicted octanol–water partition coefficient (Wildman–Crippen LogP) is 7.09. The van der Waals surface area contributed by atoms with E-state index in [1.54, 1.807) is 19.3 Å². The highest BCUT2D eigenvalue weighted by atomic mass is 19.4. The molecule has 5 nitrogen and oxygen atoms in total. The maximum absolute atomic E-state index is 13.6. The number of piperazine rings is 1. The van der Waals surface area contributed by atoms with E-state index in [2.05, 4.69) is 4.90 Å². The summed E-state index contributed by atoms with van der Waals surface area (Å²) in [5.41, 5.74) is 3.06. The number of hydrogen-bond donors (Lipinski definition) is 0. The molecule has 2 aliphatic rings. The topological polar surface area (TPSA) is 36.0 Å². The monoisotopic (exact) mass is 573 g/mol. The van der Waals surface area contributed by atoms with Gasteiger partial charge in [0.1, 0.15) is 12.3 Å². The number of halogens is 3. The summed E-state index contributed by atoms with van der Waals surface area (Å²) in [6.07, 6.45) is 1.49. The van der Waals surface area contributed by atoms with E-state index in [9.17, 15) is 18.0 Å². The van der Waals surface area contributed by atoms with Crippen molar-refractivity contribution in [1.82, 2.24) is 9.80 Å². The number of carbonyl (C=O) groups is 1. The van der Waals surface area contributed by atoms with Gasteiger partial charge in [-0.25, -0.2) is 0 Å². The lowest BCUT2D eigenvalue weighted by Crippen LogP contribution is -2.51. The number of ether oxygens (including phenoxy) is 1. The second kappa shape index (κ2) is 13.1. The Bertz CT molecular complexity index is 1390. The van der Waals surface area contributed by atoms with Crippen molar-refractivity contribution in [2.75, 3.05) is 44.7 Å². The Hall–Kier alpha value is -4.30. The number of alkyl halides is 3. The molecule has 42 heavy (non-hydrogen) atoms. The molecule has 8 heteroatoms. The number of methoxy groups -OCH3 is 1. The Morgan fingerprint density at radius 2 is 1.45 bits per heavy atom. The first-order valence-corrected chi connectivity index (χ1v) is 14.0. The fourth-order valence-electron chi connectivity index (χ4n) is 5.49. The van der Waals surface area contributed by atoms with Crippen molar-refractivity contribution in [2.45, 2.75) is 18.6 Å². The molecular weight excluding hydrogens is 539 g/mol. The van der Waals surface area contributed by atoms with E-state index in [0.717, 1.165) is 34.7 Å². The molecule has 0 radical (unpaired) electrons. The molecule has 218 valence electrons. The number of carbonyl (C=O) groups excluding carboxylic acids is 1. The minimum absolute atomic E-state index is 0.0257. The van der Waals surface area contributed by atoms with Crippen LogP contribution in [-0.2, 0) is 4.79 Å². The van der Waals surface area contributed by atoms with Gasteiger partial charge in [0.15, 0.2) is 0 Å². The van der Waals surface area contributed by atoms with Crippen LogP contribution in [0.1, 0.15) is 18.0 Å². The van der Waals surface area contributed by atoms with Crippen molar-refractivity contribution in [2.24, 2.45) is 0 Å². The first-order chi connectivity index (χ1) is 20.3. The third kappa shape index (κ3) is 6.94. The average Bonchev–Trinajstić information content (AvgIpc) is 3.28. The minimum Gasteiger partial charge on any atom is -0.497 e. The van der Waals surface area contributed by atoms with Gasteiger partial charge in [0, 0.05) is 37.6 Å². The van der Waals surface area contributed by atoms with Crippen LogP contribution in [0.4, 0.5) is 24.5 Å². The molecule has 0 spiro atoms. The third-order valence-corrected chi connectivity index (χ3v) is 7.70. The lowest BCUT2D eigenvalue weighted by molar-refractivity contribution is -0.131. The lowest BCUT2D eigenvalue weighted by Gasteiger charge is -2.41. The van der Waals surface area contributed by atoms with Crippen LogP contribution in [0, 0.1) is 0 Å². The normalized spacial score (nSPS) is 16.7. The molecule has 1 heterocycles. The van der Waals surface area contributed by atoms with Crippen molar-refractivity contribution in [3.05, 3.63) is 126 Å². The fourth-order valence-corrected chi connectivity index (χ4v) is 5.49. The number of para-hydroxylation sites is 2. The smallest absolute Gasteiger partial charge is 0.416 e. The highest BCUT2D eigenvalue weighted by Gasteiger charge is 2.33. The second-order valence-electron chi connectivity index (χ2n) is 10.3. The molecule has 3 aromatic carbocycles. The van der Waals surface area contributed by atoms with Gasteiger partial charge in [-0.1, -0.05) is 66.8 Å². The Kier molecular flexibility index (Phi) is 9.12. The standard InChI is InChI=1S/C34H34F3N3O2/c1-42-31-19-16-27(17-20-31)33(26-9-8-10-28(18-15-26)34(35,36)37)39-23-21-38(22-24-39)32(41)25-40(29-11-4-2-5-12-29)30-13-6-3-7-14-30/h2-8,10-20,33H,9,21-25H2,1H3. The first kappa shape index (κ1) is 29.2. The Morgan fingerprint density at radius 1 is 0.857 bits per heavy atom. The van der Waals surface area contributed by atoms with E-state index >= 15 is 0 Å². The summed E-state index contributed by atoms with van der Waals surface area (Å²) in [6, 6.07) is 27.1. The van der Waals surface area contributed by atoms with E-state index in [1.165, 1.54) is 0 Å². The molecule has 1 amide bonds. The third-order valence-electron chi connectivity index (χ3n) is 7.70. The van der Waals surface area contributed by atoms with E-state index < -0.39 is 11.7 Å². The lowest BCUT2D eigenvalue weighted by atomic mass is 9.93. The Morgan fingerprint density at radius 3 is 2.00 bits per heavy atom. The van der Waals surface area contributed by atoms with Crippen LogP contribution in [0.3, 0.4) is 0 Å². The number of rotatable bonds is 8. The Balaban J connectivity index is 1.34. The number of benzene rings is 3. The molecule has 1 atom stereocenters. The number of hydrogen-bond acceptors (Lipinski definition) is 4. The van der Waals surface area contributed by atoms with E-state index in [4.69, 9.17) is 4.74 Å². The van der Waals surface area contributed by atoms with E-state index in [0.29, 0.717) is 38.3 Å². The minimum atomic E-state index is -4.41. The number of amides is 1. The molecular formula is C34H34F3N3O2. The van der Waals surface area contributed by atoms with Crippen molar-refractivity contribution in [3.63, 3.8) is 0 Å². The molecule has 1 fully saturated rings. The summed E-state index contributed by atoms with van der Waals surface area (Å²) >= 11 is 0. The van der Waals surface area contributed by atoms with Gasteiger partial charge in [0.05, 0.1) is 18.7 Å². The summed E-state index contributed by atoms with van der Waals surface area (Å²) in [5, 5.41) is 0. The summed E-state index contributed by atoms with van der Waals surface area (Å²) in [6.45, 7) is 2.44. The van der Waals surface area contributed by atoms with Crippen molar-refractivity contribution >= 4 is 17.3 Å². The van der Waals surface area contributed by atoms with Crippen molar-refractivity contribution < 1.29 is 22.7 Å². The van der Waals surface area contributed by atoms with E-state index in [-0.39, 0.29) is 18.5 Å². The number of nitrogens with zero attached hydrogens (tertiary/aromatic N) is 3. The average molecular weight is 574 g/mol. The quantitative estimate of drug-likeness (QED) is 0.288. The van der Waals surface area contributed by atoms with E-state index in [1.807, 2.05) is 94.7 Å². The molecule has 0 saturated carbocycles. The van der Waals surface area contributed by atoms with Crippen LogP contribution in [-0.4, -0.2) is 61.7 Å². The highest BCUT2D eigenvalue weighted by molar-refractivity contribution is 5.84. The van der Waals surface area contributed by atoms with Crippen LogP contribution in [0.5, 0.6) is 5.75 Å². The summed E-state index contributed by atoms with van der Waals surface area (Å²) in [4.78, 5) is 19.7. The zero-order valence-electron chi connectivity index (χ0n) is 23.5. The highest BCUT2D eigenvalue weighted by Crippen LogP contribution is 2.36. The zero-order valence-corrected chi connectivity index (χ0v) is 23.5. The van der Waals surface area contributed by atoms with Gasteiger partial charge in [-0.05, 0) is 60.0 Å². The van der Waals surface area contributed by atoms with Crippen LogP contribution < -0.4 is 9.64 Å². The molecule has 0 aromatic heterocycles. The molecule has 3 aromatic rings. The fraction of sp³-hybridized carbons (Fsp3) is 0.265. The van der Waals surface area contributed by atoms with Gasteiger partial charge in [-0.15, -0.1) is 0 Å². The van der Waals surface area contributed by atoms with Gasteiger partial charge in [-0.2, -0.15) is 13.2 Å². The SMILES string of the molecule is COc1ccc(C(C2=CC=C(C(F)(F)F)C=CC2)N2CCN(C(=O)CN(c3ccccc3)c3ccccc3)CC2)cc1. The molecule has 1 aliphatic heterocycles.